The maximum absolute atomic E-state index is 12.5. The molecule has 0 saturated carbocycles. The molecule has 7 heteroatoms. The summed E-state index contributed by atoms with van der Waals surface area (Å²) in [7, 11) is 1.59. The summed E-state index contributed by atoms with van der Waals surface area (Å²) >= 11 is 0. The van der Waals surface area contributed by atoms with Crippen LogP contribution in [0.5, 0.6) is 17.2 Å². The minimum atomic E-state index is -0.499. The number of nitrogens with one attached hydrogen (secondary N) is 2. The molecule has 0 atom stereocenters. The molecule has 0 aromatic heterocycles. The molecule has 0 saturated heterocycles. The van der Waals surface area contributed by atoms with Crippen LogP contribution in [0.15, 0.2) is 66.9 Å². The fraction of sp³-hybridized carbons (Fsp3) is 0.0833. The maximum atomic E-state index is 12.5. The predicted octanol–water partition coefficient (Wildman–Crippen LogP) is 3.17. The fourth-order valence-corrected chi connectivity index (χ4v) is 3.40. The molecular formula is C24H20N2O5. The Hall–Kier alpha value is -4.26. The molecule has 3 aromatic carbocycles. The quantitative estimate of drug-likeness (QED) is 0.289. The molecule has 0 spiro atoms. The highest BCUT2D eigenvalue weighted by Gasteiger charge is 2.27. The largest absolute Gasteiger partial charge is 0.504 e. The lowest BCUT2D eigenvalue weighted by Gasteiger charge is -2.19. The molecule has 156 valence electrons. The van der Waals surface area contributed by atoms with Crippen LogP contribution in [0, 0.1) is 0 Å². The van der Waals surface area contributed by atoms with E-state index in [-0.39, 0.29) is 11.5 Å². The van der Waals surface area contributed by atoms with Gasteiger partial charge in [-0.15, -0.1) is 0 Å². The number of methoxy groups -OCH3 is 1. The van der Waals surface area contributed by atoms with E-state index in [9.17, 15) is 19.8 Å². The number of benzene rings is 3. The third-order valence-corrected chi connectivity index (χ3v) is 5.02. The topological polar surface area (TPSA) is 108 Å². The van der Waals surface area contributed by atoms with Gasteiger partial charge in [-0.25, -0.2) is 0 Å². The Balaban J connectivity index is 1.67. The Labute approximate surface area is 178 Å². The van der Waals surface area contributed by atoms with Crippen LogP contribution in [0.2, 0.25) is 0 Å². The van der Waals surface area contributed by atoms with Crippen molar-refractivity contribution in [2.45, 2.75) is 6.54 Å². The monoisotopic (exact) mass is 416 g/mol. The minimum absolute atomic E-state index is 0.203. The van der Waals surface area contributed by atoms with Crippen molar-refractivity contribution in [1.29, 1.82) is 0 Å². The molecular weight excluding hydrogens is 396 g/mol. The first-order valence-corrected chi connectivity index (χ1v) is 9.55. The molecule has 0 aliphatic carbocycles. The minimum Gasteiger partial charge on any atom is -0.504 e. The van der Waals surface area contributed by atoms with Crippen LogP contribution in [0.1, 0.15) is 21.5 Å². The van der Waals surface area contributed by atoms with E-state index in [1.54, 1.807) is 31.5 Å². The molecule has 4 rings (SSSR count). The van der Waals surface area contributed by atoms with Crippen molar-refractivity contribution < 1.29 is 24.5 Å². The Morgan fingerprint density at radius 1 is 0.903 bits per heavy atom. The average molecular weight is 416 g/mol. The lowest BCUT2D eigenvalue weighted by Crippen LogP contribution is -2.37. The number of amides is 2. The highest BCUT2D eigenvalue weighted by atomic mass is 16.5. The van der Waals surface area contributed by atoms with Crippen molar-refractivity contribution in [1.82, 2.24) is 10.6 Å². The van der Waals surface area contributed by atoms with Crippen LogP contribution in [0.3, 0.4) is 0 Å². The van der Waals surface area contributed by atoms with Crippen LogP contribution in [0.4, 0.5) is 0 Å². The number of hydrogen-bond donors (Lipinski definition) is 4. The Morgan fingerprint density at radius 2 is 1.71 bits per heavy atom. The number of imide groups is 1. The molecule has 3 aromatic rings. The molecule has 0 unspecified atom stereocenters. The van der Waals surface area contributed by atoms with E-state index in [1.165, 1.54) is 12.1 Å². The molecule has 1 aliphatic rings. The van der Waals surface area contributed by atoms with Gasteiger partial charge in [0.15, 0.2) is 11.5 Å². The van der Waals surface area contributed by atoms with Gasteiger partial charge in [0.2, 0.25) is 0 Å². The number of fused-ring (bicyclic) bond motifs is 1. The highest BCUT2D eigenvalue weighted by Crippen LogP contribution is 2.31. The third kappa shape index (κ3) is 4.06. The first-order valence-electron chi connectivity index (χ1n) is 9.55. The highest BCUT2D eigenvalue weighted by molar-refractivity contribution is 6.31. The molecule has 4 N–H and O–H groups in total. The number of aromatic hydroxyl groups is 2. The second-order valence-electron chi connectivity index (χ2n) is 7.04. The van der Waals surface area contributed by atoms with Crippen LogP contribution in [-0.4, -0.2) is 29.1 Å². The number of phenols is 2. The Bertz CT molecular complexity index is 1220. The normalized spacial score (nSPS) is 14.2. The zero-order chi connectivity index (χ0) is 22.0. The average Bonchev–Trinajstić information content (AvgIpc) is 2.78. The van der Waals surface area contributed by atoms with Crippen LogP contribution in [-0.2, 0) is 11.3 Å². The van der Waals surface area contributed by atoms with Gasteiger partial charge in [0.1, 0.15) is 5.75 Å². The van der Waals surface area contributed by atoms with Gasteiger partial charge in [-0.05, 0) is 53.1 Å². The zero-order valence-electron chi connectivity index (χ0n) is 16.7. The molecule has 0 bridgehead atoms. The number of ether oxygens (including phenoxy) is 1. The van der Waals surface area contributed by atoms with E-state index in [0.717, 1.165) is 11.1 Å². The summed E-state index contributed by atoms with van der Waals surface area (Å²) in [5, 5.41) is 24.4. The Morgan fingerprint density at radius 3 is 2.48 bits per heavy atom. The van der Waals surface area contributed by atoms with Gasteiger partial charge in [0.25, 0.3) is 11.8 Å². The van der Waals surface area contributed by atoms with E-state index in [1.807, 2.05) is 30.3 Å². The predicted molar refractivity (Wildman–Crippen MR) is 115 cm³/mol. The maximum Gasteiger partial charge on any atom is 0.260 e. The van der Waals surface area contributed by atoms with Gasteiger partial charge in [0.05, 0.1) is 12.7 Å². The smallest absolute Gasteiger partial charge is 0.260 e. The number of carbonyl (C=O) groups is 2. The summed E-state index contributed by atoms with van der Waals surface area (Å²) < 4.78 is 5.28. The van der Waals surface area contributed by atoms with Crippen molar-refractivity contribution in [2.24, 2.45) is 0 Å². The Kier molecular flexibility index (Phi) is 5.32. The van der Waals surface area contributed by atoms with Crippen molar-refractivity contribution >= 4 is 17.4 Å². The number of hydrogen-bond acceptors (Lipinski definition) is 6. The van der Waals surface area contributed by atoms with Crippen molar-refractivity contribution in [2.75, 3.05) is 7.11 Å². The molecule has 2 amide bonds. The SMILES string of the molecule is COc1cccc(-c2ccc3c(c2)/C(=C\NCc2ccc(O)c(O)c2)C(=O)NC3=O)c1. The first-order chi connectivity index (χ1) is 15.0. The van der Waals surface area contributed by atoms with Crippen molar-refractivity contribution in [3.8, 4) is 28.4 Å². The number of carbonyl (C=O) groups excluding carboxylic acids is 2. The standard InChI is InChI=1S/C24H20N2O5/c1-31-17-4-2-3-15(10-17)16-6-7-18-19(11-16)20(24(30)26-23(18)29)13-25-12-14-5-8-21(27)22(28)9-14/h2-11,13,25,27-28H,12H2,1H3,(H,26,29,30)/b20-13+. The number of rotatable bonds is 5. The van der Waals surface area contributed by atoms with Crippen molar-refractivity contribution in [3.63, 3.8) is 0 Å². The van der Waals surface area contributed by atoms with Gasteiger partial charge in [-0.1, -0.05) is 24.3 Å². The molecule has 1 aliphatic heterocycles. The summed E-state index contributed by atoms with van der Waals surface area (Å²) in [6, 6.07) is 17.3. The summed E-state index contributed by atoms with van der Waals surface area (Å²) in [4.78, 5) is 24.8. The zero-order valence-corrected chi connectivity index (χ0v) is 16.7. The van der Waals surface area contributed by atoms with Gasteiger partial charge in [-0.3, -0.25) is 14.9 Å². The van der Waals surface area contributed by atoms with Crippen LogP contribution in [0.25, 0.3) is 16.7 Å². The second kappa shape index (κ2) is 8.23. The lowest BCUT2D eigenvalue weighted by molar-refractivity contribution is -0.114. The van der Waals surface area contributed by atoms with Gasteiger partial charge < -0.3 is 20.3 Å². The molecule has 1 heterocycles. The van der Waals surface area contributed by atoms with E-state index in [4.69, 9.17) is 4.74 Å². The molecule has 0 fully saturated rings. The summed E-state index contributed by atoms with van der Waals surface area (Å²) in [6.07, 6.45) is 1.54. The van der Waals surface area contributed by atoms with Crippen LogP contribution < -0.4 is 15.4 Å². The lowest BCUT2D eigenvalue weighted by atomic mass is 9.91. The van der Waals surface area contributed by atoms with Crippen molar-refractivity contribution in [3.05, 3.63) is 83.6 Å². The van der Waals surface area contributed by atoms with Gasteiger partial charge >= 0.3 is 0 Å². The summed E-state index contributed by atoms with van der Waals surface area (Å²) in [6.45, 7) is 0.309. The van der Waals surface area contributed by atoms with Gasteiger partial charge in [0, 0.05) is 23.9 Å². The molecule has 0 radical (unpaired) electrons. The van der Waals surface area contributed by atoms with E-state index >= 15 is 0 Å². The summed E-state index contributed by atoms with van der Waals surface area (Å²) in [5.74, 6) is -0.662. The number of phenolic OH excluding ortho intramolecular Hbond substituents is 2. The molecule has 31 heavy (non-hydrogen) atoms. The first kappa shape index (κ1) is 20.0. The van der Waals surface area contributed by atoms with Gasteiger partial charge in [-0.2, -0.15) is 0 Å². The summed E-state index contributed by atoms with van der Waals surface area (Å²) in [5.41, 5.74) is 3.70. The van der Waals surface area contributed by atoms with Crippen LogP contribution >= 0.6 is 0 Å². The second-order valence-corrected chi connectivity index (χ2v) is 7.04. The van der Waals surface area contributed by atoms with E-state index in [0.29, 0.717) is 34.6 Å². The van der Waals surface area contributed by atoms with E-state index < -0.39 is 11.8 Å². The molecule has 7 nitrogen and oxygen atoms in total. The fourth-order valence-electron chi connectivity index (χ4n) is 3.40. The van der Waals surface area contributed by atoms with E-state index in [2.05, 4.69) is 10.6 Å². The third-order valence-electron chi connectivity index (χ3n) is 5.02.